The maximum absolute atomic E-state index is 12.8. The molecule has 0 atom stereocenters. The molecule has 1 aromatic carbocycles. The van der Waals surface area contributed by atoms with Crippen LogP contribution in [0.2, 0.25) is 0 Å². The van der Waals surface area contributed by atoms with Gasteiger partial charge < -0.3 is 4.74 Å². The average Bonchev–Trinajstić information content (AvgIpc) is 2.03. The van der Waals surface area contributed by atoms with Crippen molar-refractivity contribution >= 4 is 23.2 Å². The Labute approximate surface area is 80.0 Å². The van der Waals surface area contributed by atoms with Gasteiger partial charge in [-0.3, -0.25) is 0 Å². The number of benzene rings is 1. The van der Waals surface area contributed by atoms with Gasteiger partial charge in [0.05, 0.1) is 7.11 Å². The third-order valence-corrected chi connectivity index (χ3v) is 1.89. The zero-order valence-electron chi connectivity index (χ0n) is 6.35. The molecule has 12 heavy (non-hydrogen) atoms. The molecule has 0 amide bonds. The van der Waals surface area contributed by atoms with Gasteiger partial charge in [0.1, 0.15) is 16.4 Å². The fraction of sp³-hybridized carbons (Fsp3) is 0.250. The van der Waals surface area contributed by atoms with Crippen LogP contribution in [0.15, 0.2) is 18.2 Å². The molecule has 0 saturated heterocycles. The van der Waals surface area contributed by atoms with Gasteiger partial charge in [-0.2, -0.15) is 0 Å². The van der Waals surface area contributed by atoms with E-state index in [1.54, 1.807) is 6.07 Å². The van der Waals surface area contributed by atoms with E-state index in [2.05, 4.69) is 0 Å². The fourth-order valence-electron chi connectivity index (χ4n) is 0.828. The molecule has 1 rings (SSSR count). The van der Waals surface area contributed by atoms with Gasteiger partial charge in [0.15, 0.2) is 0 Å². The highest BCUT2D eigenvalue weighted by molar-refractivity contribution is 6.44. The average molecular weight is 209 g/mol. The lowest BCUT2D eigenvalue weighted by Gasteiger charge is -2.04. The van der Waals surface area contributed by atoms with E-state index < -0.39 is 10.7 Å². The Balaban J connectivity index is 3.06. The summed E-state index contributed by atoms with van der Waals surface area (Å²) in [5.41, 5.74) is 0.496. The van der Waals surface area contributed by atoms with Crippen molar-refractivity contribution in [3.63, 3.8) is 0 Å². The summed E-state index contributed by atoms with van der Waals surface area (Å²) in [5, 5.41) is 0. The molecule has 0 N–H and O–H groups in total. The second-order valence-corrected chi connectivity index (χ2v) is 3.32. The van der Waals surface area contributed by atoms with E-state index in [4.69, 9.17) is 27.9 Å². The van der Waals surface area contributed by atoms with Gasteiger partial charge in [0.2, 0.25) is 0 Å². The Morgan fingerprint density at radius 3 is 2.50 bits per heavy atom. The first-order valence-corrected chi connectivity index (χ1v) is 4.13. The second kappa shape index (κ2) is 3.97. The molecule has 0 spiro atoms. The van der Waals surface area contributed by atoms with Crippen LogP contribution in [0.3, 0.4) is 0 Å². The summed E-state index contributed by atoms with van der Waals surface area (Å²) < 4.78 is 17.6. The highest BCUT2D eigenvalue weighted by Gasteiger charge is 2.06. The topological polar surface area (TPSA) is 9.23 Å². The Kier molecular flexibility index (Phi) is 3.18. The van der Waals surface area contributed by atoms with Crippen molar-refractivity contribution in [2.75, 3.05) is 7.11 Å². The second-order valence-electron chi connectivity index (χ2n) is 2.23. The van der Waals surface area contributed by atoms with Crippen molar-refractivity contribution in [3.8, 4) is 5.75 Å². The molecule has 0 aliphatic heterocycles. The Morgan fingerprint density at radius 2 is 2.00 bits per heavy atom. The standard InChI is InChI=1S/C8H7Cl2FO/c1-12-7-3-5(8(9)10)2-6(11)4-7/h2-4,8H,1H3. The molecule has 66 valence electrons. The maximum Gasteiger partial charge on any atom is 0.133 e. The van der Waals surface area contributed by atoms with Gasteiger partial charge in [0, 0.05) is 6.07 Å². The quantitative estimate of drug-likeness (QED) is 0.679. The Bertz CT molecular complexity index is 276. The number of hydrogen-bond donors (Lipinski definition) is 0. The minimum atomic E-state index is -0.727. The monoisotopic (exact) mass is 208 g/mol. The first kappa shape index (κ1) is 9.62. The zero-order chi connectivity index (χ0) is 9.14. The first-order valence-electron chi connectivity index (χ1n) is 3.26. The van der Waals surface area contributed by atoms with Gasteiger partial charge in [-0.05, 0) is 17.7 Å². The number of hydrogen-bond acceptors (Lipinski definition) is 1. The number of rotatable bonds is 2. The minimum absolute atomic E-state index is 0.407. The summed E-state index contributed by atoms with van der Waals surface area (Å²) >= 11 is 11.1. The lowest BCUT2D eigenvalue weighted by atomic mass is 10.2. The van der Waals surface area contributed by atoms with E-state index >= 15 is 0 Å². The van der Waals surface area contributed by atoms with E-state index in [-0.39, 0.29) is 0 Å². The van der Waals surface area contributed by atoms with Crippen LogP contribution in [0.5, 0.6) is 5.75 Å². The molecule has 0 saturated carbocycles. The van der Waals surface area contributed by atoms with Crippen molar-refractivity contribution in [2.45, 2.75) is 4.84 Å². The molecule has 0 aliphatic rings. The summed E-state index contributed by atoms with van der Waals surface area (Å²) in [4.78, 5) is -0.727. The van der Waals surface area contributed by atoms with Crippen LogP contribution in [0.4, 0.5) is 4.39 Å². The number of ether oxygens (including phenoxy) is 1. The van der Waals surface area contributed by atoms with Gasteiger partial charge in [-0.1, -0.05) is 0 Å². The molecule has 0 heterocycles. The Morgan fingerprint density at radius 1 is 1.33 bits per heavy atom. The molecule has 0 aliphatic carbocycles. The van der Waals surface area contributed by atoms with Gasteiger partial charge >= 0.3 is 0 Å². The van der Waals surface area contributed by atoms with Crippen molar-refractivity contribution in [1.82, 2.24) is 0 Å². The summed E-state index contributed by atoms with van der Waals surface area (Å²) in [7, 11) is 1.45. The van der Waals surface area contributed by atoms with E-state index in [0.717, 1.165) is 0 Å². The number of halogens is 3. The van der Waals surface area contributed by atoms with Gasteiger partial charge in [-0.25, -0.2) is 4.39 Å². The summed E-state index contributed by atoms with van der Waals surface area (Å²) in [6.45, 7) is 0. The highest BCUT2D eigenvalue weighted by atomic mass is 35.5. The molecular formula is C8H7Cl2FO. The predicted octanol–water partition coefficient (Wildman–Crippen LogP) is 3.31. The van der Waals surface area contributed by atoms with Crippen LogP contribution in [0, 0.1) is 5.82 Å². The van der Waals surface area contributed by atoms with Crippen LogP contribution in [0.25, 0.3) is 0 Å². The predicted molar refractivity (Wildman–Crippen MR) is 47.4 cm³/mol. The fourth-order valence-corrected chi connectivity index (χ4v) is 1.08. The van der Waals surface area contributed by atoms with Crippen LogP contribution in [0.1, 0.15) is 10.4 Å². The van der Waals surface area contributed by atoms with E-state index in [9.17, 15) is 4.39 Å². The van der Waals surface area contributed by atoms with Crippen molar-refractivity contribution in [1.29, 1.82) is 0 Å². The molecule has 4 heteroatoms. The Hall–Kier alpha value is -0.470. The normalized spacial score (nSPS) is 10.4. The van der Waals surface area contributed by atoms with Crippen molar-refractivity contribution in [2.24, 2.45) is 0 Å². The van der Waals surface area contributed by atoms with Crippen molar-refractivity contribution < 1.29 is 9.13 Å². The highest BCUT2D eigenvalue weighted by Crippen LogP contribution is 2.28. The van der Waals surface area contributed by atoms with Crippen LogP contribution in [-0.2, 0) is 0 Å². The van der Waals surface area contributed by atoms with Crippen LogP contribution >= 0.6 is 23.2 Å². The third-order valence-electron chi connectivity index (χ3n) is 1.38. The third kappa shape index (κ3) is 2.26. The molecule has 0 bridgehead atoms. The minimum Gasteiger partial charge on any atom is -0.497 e. The molecule has 0 fully saturated rings. The molecule has 0 aromatic heterocycles. The van der Waals surface area contributed by atoms with Crippen LogP contribution < -0.4 is 4.74 Å². The molecule has 0 radical (unpaired) electrons. The molecular weight excluding hydrogens is 202 g/mol. The van der Waals surface area contributed by atoms with Gasteiger partial charge in [0.25, 0.3) is 0 Å². The van der Waals surface area contributed by atoms with E-state index in [0.29, 0.717) is 11.3 Å². The van der Waals surface area contributed by atoms with E-state index in [1.165, 1.54) is 19.2 Å². The van der Waals surface area contributed by atoms with Crippen molar-refractivity contribution in [3.05, 3.63) is 29.6 Å². The van der Waals surface area contributed by atoms with Gasteiger partial charge in [-0.15, -0.1) is 23.2 Å². The SMILES string of the molecule is COc1cc(F)cc(C(Cl)Cl)c1. The molecule has 0 unspecified atom stereocenters. The zero-order valence-corrected chi connectivity index (χ0v) is 7.86. The van der Waals surface area contributed by atoms with Crippen LogP contribution in [-0.4, -0.2) is 7.11 Å². The molecule has 1 nitrogen and oxygen atoms in total. The maximum atomic E-state index is 12.8. The number of methoxy groups -OCH3 is 1. The lowest BCUT2D eigenvalue weighted by molar-refractivity contribution is 0.411. The summed E-state index contributed by atoms with van der Waals surface area (Å²) in [5.74, 6) is 0.00644. The largest absolute Gasteiger partial charge is 0.497 e. The number of alkyl halides is 2. The lowest BCUT2D eigenvalue weighted by Crippen LogP contribution is -1.88. The first-order chi connectivity index (χ1) is 5.63. The smallest absolute Gasteiger partial charge is 0.133 e. The summed E-state index contributed by atoms with van der Waals surface area (Å²) in [6, 6.07) is 4.13. The molecule has 1 aromatic rings. The van der Waals surface area contributed by atoms with E-state index in [1.807, 2.05) is 0 Å². The summed E-state index contributed by atoms with van der Waals surface area (Å²) in [6.07, 6.45) is 0.